The molecule has 0 bridgehead atoms. The van der Waals surface area contributed by atoms with Crippen LogP contribution in [-0.4, -0.2) is 13.1 Å². The average Bonchev–Trinajstić information content (AvgIpc) is 2.16. The second-order valence-corrected chi connectivity index (χ2v) is 4.05. The number of rotatable bonds is 0. The molecule has 0 spiro atoms. The Kier molecular flexibility index (Phi) is 2.85. The van der Waals surface area contributed by atoms with E-state index in [0.717, 1.165) is 19.6 Å². The van der Waals surface area contributed by atoms with E-state index in [-0.39, 0.29) is 0 Å². The van der Waals surface area contributed by atoms with Crippen LogP contribution in [0.4, 0.5) is 0 Å². The van der Waals surface area contributed by atoms with Gasteiger partial charge in [0.1, 0.15) is 0 Å². The Labute approximate surface area is 85.7 Å². The summed E-state index contributed by atoms with van der Waals surface area (Å²) in [5.41, 5.74) is 4.21. The molecule has 1 unspecified atom stereocenters. The van der Waals surface area contributed by atoms with Gasteiger partial charge in [0, 0.05) is 25.7 Å². The summed E-state index contributed by atoms with van der Waals surface area (Å²) in [6, 6.07) is 7.20. The summed E-state index contributed by atoms with van der Waals surface area (Å²) >= 11 is 0. The molecular formula is C12H18N2. The Hall–Kier alpha value is -0.860. The van der Waals surface area contributed by atoms with Crippen molar-refractivity contribution in [1.82, 2.24) is 10.6 Å². The van der Waals surface area contributed by atoms with Gasteiger partial charge in [-0.15, -0.1) is 0 Å². The van der Waals surface area contributed by atoms with E-state index in [2.05, 4.69) is 42.7 Å². The molecule has 0 aromatic heterocycles. The highest BCUT2D eigenvalue weighted by Crippen LogP contribution is 2.20. The molecule has 76 valence electrons. The van der Waals surface area contributed by atoms with Crippen molar-refractivity contribution in [3.8, 4) is 0 Å². The van der Waals surface area contributed by atoms with Gasteiger partial charge in [0.05, 0.1) is 0 Å². The van der Waals surface area contributed by atoms with Gasteiger partial charge in [-0.2, -0.15) is 0 Å². The van der Waals surface area contributed by atoms with Crippen LogP contribution >= 0.6 is 0 Å². The summed E-state index contributed by atoms with van der Waals surface area (Å²) in [7, 11) is 0. The highest BCUT2D eigenvalue weighted by atomic mass is 15.0. The lowest BCUT2D eigenvalue weighted by atomic mass is 9.98. The van der Waals surface area contributed by atoms with Crippen molar-refractivity contribution >= 4 is 0 Å². The SMILES string of the molecule is Cc1ccc2c(c1)C(C)NCCNC2. The molecule has 2 N–H and O–H groups in total. The normalized spacial score (nSPS) is 22.3. The minimum atomic E-state index is 0.479. The van der Waals surface area contributed by atoms with E-state index in [9.17, 15) is 0 Å². The van der Waals surface area contributed by atoms with Crippen LogP contribution in [0.1, 0.15) is 29.7 Å². The Morgan fingerprint density at radius 2 is 2.14 bits per heavy atom. The van der Waals surface area contributed by atoms with Crippen LogP contribution < -0.4 is 10.6 Å². The van der Waals surface area contributed by atoms with E-state index in [1.165, 1.54) is 16.7 Å². The van der Waals surface area contributed by atoms with E-state index in [1.807, 2.05) is 0 Å². The van der Waals surface area contributed by atoms with Gasteiger partial charge >= 0.3 is 0 Å². The zero-order valence-corrected chi connectivity index (χ0v) is 8.93. The maximum Gasteiger partial charge on any atom is 0.0295 e. The highest BCUT2D eigenvalue weighted by Gasteiger charge is 2.12. The minimum absolute atomic E-state index is 0.479. The summed E-state index contributed by atoms with van der Waals surface area (Å²) in [6.45, 7) is 7.50. The smallest absolute Gasteiger partial charge is 0.0295 e. The van der Waals surface area contributed by atoms with E-state index in [1.54, 1.807) is 0 Å². The lowest BCUT2D eigenvalue weighted by Gasteiger charge is -2.22. The van der Waals surface area contributed by atoms with Crippen LogP contribution in [0.25, 0.3) is 0 Å². The third-order valence-electron chi connectivity index (χ3n) is 2.84. The van der Waals surface area contributed by atoms with Crippen molar-refractivity contribution in [2.75, 3.05) is 13.1 Å². The van der Waals surface area contributed by atoms with Gasteiger partial charge in [-0.25, -0.2) is 0 Å². The molecule has 2 nitrogen and oxygen atoms in total. The summed E-state index contributed by atoms with van der Waals surface area (Å²) < 4.78 is 0. The third kappa shape index (κ3) is 1.97. The first kappa shape index (κ1) is 9.69. The van der Waals surface area contributed by atoms with Gasteiger partial charge in [-0.3, -0.25) is 0 Å². The maximum absolute atomic E-state index is 3.51. The van der Waals surface area contributed by atoms with Crippen LogP contribution in [-0.2, 0) is 6.54 Å². The van der Waals surface area contributed by atoms with E-state index in [0.29, 0.717) is 6.04 Å². The second kappa shape index (κ2) is 4.11. The average molecular weight is 190 g/mol. The number of hydrogen-bond acceptors (Lipinski definition) is 2. The fourth-order valence-corrected chi connectivity index (χ4v) is 1.99. The van der Waals surface area contributed by atoms with Gasteiger partial charge < -0.3 is 10.6 Å². The largest absolute Gasteiger partial charge is 0.311 e. The van der Waals surface area contributed by atoms with Crippen molar-refractivity contribution in [3.63, 3.8) is 0 Å². The van der Waals surface area contributed by atoms with Crippen molar-refractivity contribution in [3.05, 3.63) is 34.9 Å². The first-order valence-corrected chi connectivity index (χ1v) is 5.31. The van der Waals surface area contributed by atoms with Crippen molar-refractivity contribution in [2.45, 2.75) is 26.4 Å². The first-order chi connectivity index (χ1) is 6.77. The van der Waals surface area contributed by atoms with Crippen molar-refractivity contribution < 1.29 is 0 Å². The molecule has 0 saturated heterocycles. The van der Waals surface area contributed by atoms with Crippen LogP contribution in [0.5, 0.6) is 0 Å². The molecule has 1 aromatic carbocycles. The second-order valence-electron chi connectivity index (χ2n) is 4.05. The summed E-state index contributed by atoms with van der Waals surface area (Å²) in [5.74, 6) is 0. The fraction of sp³-hybridized carbons (Fsp3) is 0.500. The quantitative estimate of drug-likeness (QED) is 0.651. The number of hydrogen-bond donors (Lipinski definition) is 2. The highest BCUT2D eigenvalue weighted by molar-refractivity contribution is 5.34. The van der Waals surface area contributed by atoms with Gasteiger partial charge in [0.2, 0.25) is 0 Å². The molecule has 1 aliphatic rings. The number of aryl methyl sites for hydroxylation is 1. The van der Waals surface area contributed by atoms with E-state index < -0.39 is 0 Å². The van der Waals surface area contributed by atoms with Crippen molar-refractivity contribution in [2.24, 2.45) is 0 Å². The molecule has 0 saturated carbocycles. The lowest BCUT2D eigenvalue weighted by Crippen LogP contribution is -2.32. The predicted octanol–water partition coefficient (Wildman–Crippen LogP) is 1.75. The fourth-order valence-electron chi connectivity index (χ4n) is 1.99. The first-order valence-electron chi connectivity index (χ1n) is 5.31. The number of fused-ring (bicyclic) bond motifs is 1. The molecule has 1 heterocycles. The van der Waals surface area contributed by atoms with Gasteiger partial charge in [0.25, 0.3) is 0 Å². The molecular weight excluding hydrogens is 172 g/mol. The van der Waals surface area contributed by atoms with Gasteiger partial charge in [-0.05, 0) is 25.0 Å². The molecule has 14 heavy (non-hydrogen) atoms. The number of benzene rings is 1. The third-order valence-corrected chi connectivity index (χ3v) is 2.84. The van der Waals surface area contributed by atoms with Crippen LogP contribution in [0.15, 0.2) is 18.2 Å². The summed E-state index contributed by atoms with van der Waals surface area (Å²) in [5, 5.41) is 6.93. The predicted molar refractivity (Wildman–Crippen MR) is 59.3 cm³/mol. The molecule has 1 aliphatic heterocycles. The monoisotopic (exact) mass is 190 g/mol. The lowest BCUT2D eigenvalue weighted by molar-refractivity contribution is 0.519. The topological polar surface area (TPSA) is 24.1 Å². The summed E-state index contributed by atoms with van der Waals surface area (Å²) in [4.78, 5) is 0. The summed E-state index contributed by atoms with van der Waals surface area (Å²) in [6.07, 6.45) is 0. The van der Waals surface area contributed by atoms with E-state index in [4.69, 9.17) is 0 Å². The van der Waals surface area contributed by atoms with Crippen LogP contribution in [0.3, 0.4) is 0 Å². The van der Waals surface area contributed by atoms with Crippen LogP contribution in [0.2, 0.25) is 0 Å². The Bertz CT molecular complexity index is 320. The molecule has 1 atom stereocenters. The molecule has 1 aromatic rings. The zero-order chi connectivity index (χ0) is 9.97. The van der Waals surface area contributed by atoms with Crippen molar-refractivity contribution in [1.29, 1.82) is 0 Å². The molecule has 2 heteroatoms. The molecule has 0 fully saturated rings. The molecule has 2 rings (SSSR count). The molecule has 0 aliphatic carbocycles. The minimum Gasteiger partial charge on any atom is -0.311 e. The van der Waals surface area contributed by atoms with Crippen LogP contribution in [0, 0.1) is 6.92 Å². The standard InChI is InChI=1S/C12H18N2/c1-9-3-4-11-8-13-5-6-14-10(2)12(11)7-9/h3-4,7,10,13-14H,5-6,8H2,1-2H3. The molecule has 0 radical (unpaired) electrons. The Morgan fingerprint density at radius 3 is 3.00 bits per heavy atom. The Balaban J connectivity index is 2.36. The maximum atomic E-state index is 3.51. The molecule has 0 amide bonds. The zero-order valence-electron chi connectivity index (χ0n) is 8.93. The van der Waals surface area contributed by atoms with Gasteiger partial charge in [0.15, 0.2) is 0 Å². The Morgan fingerprint density at radius 1 is 1.29 bits per heavy atom. The number of nitrogens with one attached hydrogen (secondary N) is 2. The van der Waals surface area contributed by atoms with E-state index >= 15 is 0 Å². The van der Waals surface area contributed by atoms with Gasteiger partial charge in [-0.1, -0.05) is 23.8 Å².